The van der Waals surface area contributed by atoms with Crippen molar-refractivity contribution in [2.45, 2.75) is 90.3 Å². The van der Waals surface area contributed by atoms with Crippen molar-refractivity contribution in [2.24, 2.45) is 23.5 Å². The molecule has 0 saturated heterocycles. The van der Waals surface area contributed by atoms with Gasteiger partial charge in [0.05, 0.1) is 0 Å². The third-order valence-corrected chi connectivity index (χ3v) is 6.63. The van der Waals surface area contributed by atoms with Crippen molar-refractivity contribution in [2.75, 3.05) is 6.54 Å². The van der Waals surface area contributed by atoms with Gasteiger partial charge in [-0.15, -0.1) is 0 Å². The van der Waals surface area contributed by atoms with Gasteiger partial charge in [-0.05, 0) is 93.2 Å². The maximum Gasteiger partial charge on any atom is 0.0271 e. The standard InChI is InChI=1S/C23H39N3/c1-18(2)16-26(17-21-11-13-25-14-12-21)23-9-5-20(6-10-23)15-19-3-7-22(24)8-4-19/h11-14,18-20,22-23H,3-10,15-17,24H2,1-2H3. The molecule has 2 N–H and O–H groups in total. The van der Waals surface area contributed by atoms with Gasteiger partial charge in [-0.3, -0.25) is 9.88 Å². The molecule has 0 unspecified atom stereocenters. The minimum atomic E-state index is 0.486. The van der Waals surface area contributed by atoms with Crippen molar-refractivity contribution in [3.8, 4) is 0 Å². The van der Waals surface area contributed by atoms with Gasteiger partial charge < -0.3 is 5.73 Å². The summed E-state index contributed by atoms with van der Waals surface area (Å²) in [5, 5.41) is 0. The van der Waals surface area contributed by atoms with Crippen molar-refractivity contribution in [3.63, 3.8) is 0 Å². The first-order valence-corrected chi connectivity index (χ1v) is 11.0. The van der Waals surface area contributed by atoms with E-state index in [-0.39, 0.29) is 0 Å². The monoisotopic (exact) mass is 357 g/mol. The molecule has 0 aromatic carbocycles. The van der Waals surface area contributed by atoms with E-state index in [4.69, 9.17) is 5.73 Å². The normalized spacial score (nSPS) is 30.0. The molecular formula is C23H39N3. The highest BCUT2D eigenvalue weighted by Gasteiger charge is 2.29. The predicted molar refractivity (Wildman–Crippen MR) is 110 cm³/mol. The number of nitrogens with two attached hydrogens (primary N) is 1. The zero-order valence-corrected chi connectivity index (χ0v) is 16.9. The van der Waals surface area contributed by atoms with Gasteiger partial charge in [0, 0.05) is 37.6 Å². The molecule has 3 nitrogen and oxygen atoms in total. The number of hydrogen-bond donors (Lipinski definition) is 1. The highest BCUT2D eigenvalue weighted by molar-refractivity contribution is 5.09. The Bertz CT molecular complexity index is 499. The highest BCUT2D eigenvalue weighted by Crippen LogP contribution is 2.36. The fraction of sp³-hybridized carbons (Fsp3) is 0.783. The SMILES string of the molecule is CC(C)CN(Cc1ccncc1)C1CCC(CC2CCC(N)CC2)CC1. The van der Waals surface area contributed by atoms with Gasteiger partial charge in [0.2, 0.25) is 0 Å². The van der Waals surface area contributed by atoms with E-state index in [2.05, 4.69) is 35.9 Å². The van der Waals surface area contributed by atoms with Crippen LogP contribution in [-0.2, 0) is 6.54 Å². The quantitative estimate of drug-likeness (QED) is 0.746. The van der Waals surface area contributed by atoms with Crippen LogP contribution in [0.25, 0.3) is 0 Å². The molecule has 2 aliphatic carbocycles. The lowest BCUT2D eigenvalue weighted by Crippen LogP contribution is -2.40. The number of nitrogens with zero attached hydrogens (tertiary/aromatic N) is 2. The average Bonchev–Trinajstić information content (AvgIpc) is 2.64. The van der Waals surface area contributed by atoms with Crippen molar-refractivity contribution in [1.29, 1.82) is 0 Å². The first kappa shape index (κ1) is 19.8. The fourth-order valence-electron chi connectivity index (χ4n) is 5.18. The molecule has 0 bridgehead atoms. The predicted octanol–water partition coefficient (Wildman–Crippen LogP) is 5.01. The summed E-state index contributed by atoms with van der Waals surface area (Å²) in [6.45, 7) is 6.98. The number of aromatic nitrogens is 1. The Kier molecular flexibility index (Phi) is 7.51. The first-order valence-electron chi connectivity index (χ1n) is 11.0. The average molecular weight is 358 g/mol. The minimum Gasteiger partial charge on any atom is -0.328 e. The Balaban J connectivity index is 1.49. The number of pyridine rings is 1. The van der Waals surface area contributed by atoms with E-state index < -0.39 is 0 Å². The summed E-state index contributed by atoms with van der Waals surface area (Å²) in [6.07, 6.45) is 16.2. The Hall–Kier alpha value is -0.930. The molecule has 1 aromatic heterocycles. The lowest BCUT2D eigenvalue weighted by molar-refractivity contribution is 0.106. The molecule has 0 atom stereocenters. The van der Waals surface area contributed by atoms with Gasteiger partial charge in [-0.2, -0.15) is 0 Å². The molecule has 3 heteroatoms. The Labute approximate surface area is 160 Å². The molecule has 2 saturated carbocycles. The summed E-state index contributed by atoms with van der Waals surface area (Å²) in [4.78, 5) is 6.92. The van der Waals surface area contributed by atoms with Crippen LogP contribution in [0.1, 0.15) is 77.2 Å². The number of hydrogen-bond acceptors (Lipinski definition) is 3. The second-order valence-corrected chi connectivity index (χ2v) is 9.37. The third kappa shape index (κ3) is 6.06. The molecule has 1 heterocycles. The van der Waals surface area contributed by atoms with Gasteiger partial charge in [-0.1, -0.05) is 13.8 Å². The molecule has 0 spiro atoms. The van der Waals surface area contributed by atoms with E-state index in [1.807, 2.05) is 12.4 Å². The summed E-state index contributed by atoms with van der Waals surface area (Å²) >= 11 is 0. The lowest BCUT2D eigenvalue weighted by Gasteiger charge is -2.39. The van der Waals surface area contributed by atoms with Crippen LogP contribution in [0.4, 0.5) is 0 Å². The molecular weight excluding hydrogens is 318 g/mol. The van der Waals surface area contributed by atoms with Crippen LogP contribution < -0.4 is 5.73 Å². The molecule has 26 heavy (non-hydrogen) atoms. The Morgan fingerprint density at radius 1 is 0.962 bits per heavy atom. The molecule has 0 radical (unpaired) electrons. The first-order chi connectivity index (χ1) is 12.6. The van der Waals surface area contributed by atoms with Crippen molar-refractivity contribution in [3.05, 3.63) is 30.1 Å². The molecule has 3 rings (SSSR count). The maximum atomic E-state index is 6.08. The van der Waals surface area contributed by atoms with Crippen LogP contribution in [0.5, 0.6) is 0 Å². The van der Waals surface area contributed by atoms with Gasteiger partial charge in [0.15, 0.2) is 0 Å². The van der Waals surface area contributed by atoms with Crippen LogP contribution in [0.3, 0.4) is 0 Å². The van der Waals surface area contributed by atoms with Crippen molar-refractivity contribution in [1.82, 2.24) is 9.88 Å². The van der Waals surface area contributed by atoms with Crippen molar-refractivity contribution >= 4 is 0 Å². The largest absolute Gasteiger partial charge is 0.328 e. The van der Waals surface area contributed by atoms with Crippen LogP contribution in [0, 0.1) is 17.8 Å². The Morgan fingerprint density at radius 3 is 2.12 bits per heavy atom. The minimum absolute atomic E-state index is 0.486. The molecule has 1 aromatic rings. The zero-order chi connectivity index (χ0) is 18.4. The fourth-order valence-corrected chi connectivity index (χ4v) is 5.18. The van der Waals surface area contributed by atoms with Crippen LogP contribution in [0.15, 0.2) is 24.5 Å². The molecule has 0 amide bonds. The lowest BCUT2D eigenvalue weighted by atomic mass is 9.75. The summed E-state index contributed by atoms with van der Waals surface area (Å²) in [5.41, 5.74) is 7.48. The van der Waals surface area contributed by atoms with E-state index in [1.165, 1.54) is 69.9 Å². The summed E-state index contributed by atoms with van der Waals surface area (Å²) in [6, 6.07) is 5.60. The van der Waals surface area contributed by atoms with Crippen LogP contribution in [0.2, 0.25) is 0 Å². The van der Waals surface area contributed by atoms with Crippen LogP contribution >= 0.6 is 0 Å². The van der Waals surface area contributed by atoms with E-state index in [1.54, 1.807) is 0 Å². The molecule has 2 aliphatic rings. The summed E-state index contributed by atoms with van der Waals surface area (Å²) in [7, 11) is 0. The van der Waals surface area contributed by atoms with E-state index >= 15 is 0 Å². The second-order valence-electron chi connectivity index (χ2n) is 9.37. The van der Waals surface area contributed by atoms with Gasteiger partial charge in [0.1, 0.15) is 0 Å². The van der Waals surface area contributed by atoms with Crippen molar-refractivity contribution < 1.29 is 0 Å². The summed E-state index contributed by atoms with van der Waals surface area (Å²) < 4.78 is 0. The Morgan fingerprint density at radius 2 is 1.54 bits per heavy atom. The van der Waals surface area contributed by atoms with E-state index in [9.17, 15) is 0 Å². The smallest absolute Gasteiger partial charge is 0.0271 e. The second kappa shape index (κ2) is 9.85. The molecule has 146 valence electrons. The number of rotatable bonds is 7. The van der Waals surface area contributed by atoms with Gasteiger partial charge in [0.25, 0.3) is 0 Å². The maximum absolute atomic E-state index is 6.08. The van der Waals surface area contributed by atoms with E-state index in [0.717, 1.165) is 30.3 Å². The highest BCUT2D eigenvalue weighted by atomic mass is 15.2. The van der Waals surface area contributed by atoms with Gasteiger partial charge in [-0.25, -0.2) is 0 Å². The third-order valence-electron chi connectivity index (χ3n) is 6.63. The van der Waals surface area contributed by atoms with E-state index in [0.29, 0.717) is 6.04 Å². The van der Waals surface area contributed by atoms with Crippen LogP contribution in [-0.4, -0.2) is 28.5 Å². The topological polar surface area (TPSA) is 42.2 Å². The molecule has 0 aliphatic heterocycles. The summed E-state index contributed by atoms with van der Waals surface area (Å²) in [5.74, 6) is 2.65. The van der Waals surface area contributed by atoms with Gasteiger partial charge >= 0.3 is 0 Å². The molecule has 2 fully saturated rings. The zero-order valence-electron chi connectivity index (χ0n) is 16.9.